The maximum atomic E-state index is 11.1. The van der Waals surface area contributed by atoms with Crippen LogP contribution in [-0.2, 0) is 20.2 Å². The second-order valence-corrected chi connectivity index (χ2v) is 5.87. The fraction of sp³-hybridized carbons (Fsp3) is 0.111. The average molecular weight is 320 g/mol. The zero-order chi connectivity index (χ0) is 13.3. The van der Waals surface area contributed by atoms with Crippen LogP contribution in [0, 0.1) is 0 Å². The summed E-state index contributed by atoms with van der Waals surface area (Å²) in [5.74, 6) is 0. The summed E-state index contributed by atoms with van der Waals surface area (Å²) < 4.78 is 62.2. The molecule has 0 fully saturated rings. The molecular weight excluding hydrogens is 308 g/mol. The van der Waals surface area contributed by atoms with Crippen LogP contribution in [0.4, 0.5) is 0 Å². The van der Waals surface area contributed by atoms with E-state index in [4.69, 9.17) is 9.11 Å². The van der Waals surface area contributed by atoms with Crippen LogP contribution in [0.5, 0.6) is 0 Å². The first kappa shape index (κ1) is 18.0. The van der Waals surface area contributed by atoms with Crippen molar-refractivity contribution in [2.24, 2.45) is 0 Å². The Morgan fingerprint density at radius 2 is 1.67 bits per heavy atom. The topological polar surface area (TPSA) is 109 Å². The summed E-state index contributed by atoms with van der Waals surface area (Å²) in [4.78, 5) is -1.68. The summed E-state index contributed by atoms with van der Waals surface area (Å²) in [7, 11) is -9.49. The van der Waals surface area contributed by atoms with E-state index in [0.717, 1.165) is 6.07 Å². The van der Waals surface area contributed by atoms with Gasteiger partial charge in [-0.05, 0) is 18.6 Å². The molecule has 0 heterocycles. The standard InChI is InChI=1S/C9H10O6S2.Ca.2H/c1-2-4-7-5-3-6-8(16(10,11)12)9(7)17(13,14)15;;;/h2-6H,1H3,(H,10,11,12)(H,13,14,15);;;/q;+2;2*-1. The third-order valence-corrected chi connectivity index (χ3v) is 3.89. The third-order valence-electron chi connectivity index (χ3n) is 1.89. The monoisotopic (exact) mass is 320 g/mol. The Hall–Kier alpha value is 0.0397. The molecule has 0 radical (unpaired) electrons. The normalized spacial score (nSPS) is 12.4. The maximum absolute atomic E-state index is 11.1. The Morgan fingerprint density at radius 3 is 2.06 bits per heavy atom. The van der Waals surface area contributed by atoms with Crippen molar-refractivity contribution in [1.29, 1.82) is 0 Å². The van der Waals surface area contributed by atoms with Gasteiger partial charge in [0, 0.05) is 0 Å². The van der Waals surface area contributed by atoms with Gasteiger partial charge in [-0.3, -0.25) is 9.11 Å². The second-order valence-electron chi connectivity index (χ2n) is 3.12. The van der Waals surface area contributed by atoms with Crippen molar-refractivity contribution in [3.05, 3.63) is 29.8 Å². The largest absolute Gasteiger partial charge is 2.00 e. The molecule has 0 unspecified atom stereocenters. The fourth-order valence-corrected chi connectivity index (χ4v) is 3.31. The molecule has 0 aliphatic carbocycles. The van der Waals surface area contributed by atoms with Crippen molar-refractivity contribution in [2.45, 2.75) is 16.7 Å². The van der Waals surface area contributed by atoms with E-state index in [9.17, 15) is 16.8 Å². The van der Waals surface area contributed by atoms with Crippen molar-refractivity contribution >= 4 is 64.1 Å². The molecule has 0 spiro atoms. The molecule has 98 valence electrons. The number of allylic oxidation sites excluding steroid dienone is 1. The van der Waals surface area contributed by atoms with Crippen molar-refractivity contribution in [3.8, 4) is 0 Å². The molecule has 0 saturated carbocycles. The second kappa shape index (κ2) is 6.47. The van der Waals surface area contributed by atoms with Crippen LogP contribution in [0.3, 0.4) is 0 Å². The quantitative estimate of drug-likeness (QED) is 0.636. The molecule has 0 aliphatic rings. The van der Waals surface area contributed by atoms with Crippen LogP contribution in [0.2, 0.25) is 0 Å². The smallest absolute Gasteiger partial charge is 1.00 e. The minimum atomic E-state index is -4.76. The van der Waals surface area contributed by atoms with Gasteiger partial charge in [-0.2, -0.15) is 16.8 Å². The SMILES string of the molecule is CC=Cc1cccc(S(=O)(=O)O)c1S(=O)(=O)O.[Ca+2].[H-].[H-]. The summed E-state index contributed by atoms with van der Waals surface area (Å²) in [5, 5.41) is 0. The van der Waals surface area contributed by atoms with Crippen molar-refractivity contribution < 1.29 is 28.8 Å². The Labute approximate surface area is 138 Å². The van der Waals surface area contributed by atoms with Crippen LogP contribution in [-0.4, -0.2) is 63.7 Å². The molecule has 0 aliphatic heterocycles. The first-order valence-corrected chi connectivity index (χ1v) is 7.26. The van der Waals surface area contributed by atoms with E-state index in [-0.39, 0.29) is 46.2 Å². The van der Waals surface area contributed by atoms with Gasteiger partial charge in [0.2, 0.25) is 0 Å². The summed E-state index contributed by atoms with van der Waals surface area (Å²) in [6.45, 7) is 1.59. The number of rotatable bonds is 3. The molecule has 0 aromatic heterocycles. The minimum Gasteiger partial charge on any atom is -1.00 e. The molecule has 1 aromatic rings. The third kappa shape index (κ3) is 4.30. The van der Waals surface area contributed by atoms with Crippen molar-refractivity contribution in [2.75, 3.05) is 0 Å². The van der Waals surface area contributed by atoms with Gasteiger partial charge in [0.25, 0.3) is 20.2 Å². The Balaban J connectivity index is -0.000000963. The van der Waals surface area contributed by atoms with Crippen LogP contribution in [0.15, 0.2) is 34.1 Å². The Bertz CT molecular complexity index is 670. The summed E-state index contributed by atoms with van der Waals surface area (Å²) in [6.07, 6.45) is 2.77. The molecule has 0 amide bonds. The maximum Gasteiger partial charge on any atom is 2.00 e. The average Bonchev–Trinajstić information content (AvgIpc) is 2.14. The molecular formula is C9H12CaO6S2. The Kier molecular flexibility index (Phi) is 6.48. The summed E-state index contributed by atoms with van der Waals surface area (Å²) >= 11 is 0. The minimum absolute atomic E-state index is 0. The molecule has 0 saturated heterocycles. The predicted octanol–water partition coefficient (Wildman–Crippen LogP) is 1.06. The van der Waals surface area contributed by atoms with Crippen LogP contribution < -0.4 is 0 Å². The van der Waals surface area contributed by atoms with Gasteiger partial charge >= 0.3 is 37.7 Å². The Morgan fingerprint density at radius 1 is 1.11 bits per heavy atom. The van der Waals surface area contributed by atoms with E-state index in [0.29, 0.717) is 0 Å². The first-order chi connectivity index (χ1) is 7.68. The molecule has 6 nitrogen and oxygen atoms in total. The van der Waals surface area contributed by atoms with E-state index in [1.54, 1.807) is 6.92 Å². The van der Waals surface area contributed by atoms with Gasteiger partial charge in [-0.15, -0.1) is 0 Å². The molecule has 2 N–H and O–H groups in total. The van der Waals surface area contributed by atoms with Gasteiger partial charge < -0.3 is 2.85 Å². The van der Waals surface area contributed by atoms with Gasteiger partial charge in [-0.1, -0.05) is 24.3 Å². The molecule has 9 heteroatoms. The van der Waals surface area contributed by atoms with Crippen molar-refractivity contribution in [3.63, 3.8) is 0 Å². The van der Waals surface area contributed by atoms with Gasteiger partial charge in [0.1, 0.15) is 9.79 Å². The molecule has 0 atom stereocenters. The predicted molar refractivity (Wildman–Crippen MR) is 68.8 cm³/mol. The van der Waals surface area contributed by atoms with Gasteiger partial charge in [0.05, 0.1) is 0 Å². The van der Waals surface area contributed by atoms with Crippen molar-refractivity contribution in [1.82, 2.24) is 0 Å². The zero-order valence-electron chi connectivity index (χ0n) is 11.4. The van der Waals surface area contributed by atoms with Crippen LogP contribution >= 0.6 is 0 Å². The number of benzene rings is 1. The molecule has 1 rings (SSSR count). The van der Waals surface area contributed by atoms with E-state index in [2.05, 4.69) is 0 Å². The zero-order valence-corrected chi connectivity index (χ0v) is 13.3. The van der Waals surface area contributed by atoms with Crippen LogP contribution in [0.1, 0.15) is 15.3 Å². The van der Waals surface area contributed by atoms with E-state index >= 15 is 0 Å². The molecule has 1 aromatic carbocycles. The molecule has 18 heavy (non-hydrogen) atoms. The van der Waals surface area contributed by atoms with Gasteiger partial charge in [0.15, 0.2) is 0 Å². The number of hydrogen-bond acceptors (Lipinski definition) is 4. The van der Waals surface area contributed by atoms with E-state index in [1.165, 1.54) is 24.3 Å². The summed E-state index contributed by atoms with van der Waals surface area (Å²) in [5.41, 5.74) is -0.0230. The first-order valence-electron chi connectivity index (χ1n) is 4.38. The van der Waals surface area contributed by atoms with Gasteiger partial charge in [-0.25, -0.2) is 0 Å². The number of hydrogen-bond donors (Lipinski definition) is 2. The summed E-state index contributed by atoms with van der Waals surface area (Å²) in [6, 6.07) is 3.45. The fourth-order valence-electron chi connectivity index (χ4n) is 1.32. The van der Waals surface area contributed by atoms with E-state index < -0.39 is 30.0 Å². The van der Waals surface area contributed by atoms with Crippen LogP contribution in [0.25, 0.3) is 6.08 Å². The van der Waals surface area contributed by atoms with E-state index in [1.807, 2.05) is 0 Å². The molecule has 0 bridgehead atoms.